The summed E-state index contributed by atoms with van der Waals surface area (Å²) in [5, 5.41) is 15.5. The van der Waals surface area contributed by atoms with E-state index in [1.165, 1.54) is 11.0 Å². The molecule has 7 nitrogen and oxygen atoms in total. The van der Waals surface area contributed by atoms with Gasteiger partial charge in [-0.15, -0.1) is 0 Å². The van der Waals surface area contributed by atoms with Crippen molar-refractivity contribution in [1.29, 1.82) is 0 Å². The van der Waals surface area contributed by atoms with Crippen molar-refractivity contribution in [2.24, 2.45) is 5.92 Å². The van der Waals surface area contributed by atoms with E-state index in [9.17, 15) is 14.0 Å². The largest absolute Gasteiger partial charge is 0.481 e. The van der Waals surface area contributed by atoms with Gasteiger partial charge in [-0.2, -0.15) is 0 Å². The van der Waals surface area contributed by atoms with E-state index in [2.05, 4.69) is 10.5 Å². The summed E-state index contributed by atoms with van der Waals surface area (Å²) >= 11 is 0. The van der Waals surface area contributed by atoms with Gasteiger partial charge in [0.15, 0.2) is 11.6 Å². The van der Waals surface area contributed by atoms with Crippen molar-refractivity contribution in [2.45, 2.75) is 19.8 Å². The minimum absolute atomic E-state index is 0.226. The highest BCUT2D eigenvalue weighted by atomic mass is 19.1. The summed E-state index contributed by atoms with van der Waals surface area (Å²) in [5.41, 5.74) is 0.800. The van der Waals surface area contributed by atoms with Crippen LogP contribution >= 0.6 is 0 Å². The molecule has 25 heavy (non-hydrogen) atoms. The van der Waals surface area contributed by atoms with Crippen LogP contribution in [0.5, 0.6) is 0 Å². The van der Waals surface area contributed by atoms with E-state index in [0.29, 0.717) is 31.5 Å². The second-order valence-electron chi connectivity index (χ2n) is 5.99. The van der Waals surface area contributed by atoms with Gasteiger partial charge in [0.05, 0.1) is 11.5 Å². The number of likely N-dealkylation sites (tertiary alicyclic amines) is 1. The first-order chi connectivity index (χ1) is 12.0. The summed E-state index contributed by atoms with van der Waals surface area (Å²) in [6, 6.07) is 5.78. The van der Waals surface area contributed by atoms with E-state index in [4.69, 9.17) is 9.63 Å². The van der Waals surface area contributed by atoms with Crippen LogP contribution in [0, 0.1) is 18.7 Å². The Morgan fingerprint density at radius 2 is 2.00 bits per heavy atom. The number of nitrogens with one attached hydrogen (secondary N) is 1. The number of amides is 2. The van der Waals surface area contributed by atoms with E-state index in [-0.39, 0.29) is 23.2 Å². The van der Waals surface area contributed by atoms with Crippen LogP contribution in [0.3, 0.4) is 0 Å². The van der Waals surface area contributed by atoms with E-state index in [1.54, 1.807) is 25.1 Å². The van der Waals surface area contributed by atoms with Gasteiger partial charge in [-0.1, -0.05) is 17.3 Å². The minimum atomic E-state index is -0.832. The third kappa shape index (κ3) is 3.47. The van der Waals surface area contributed by atoms with Crippen LogP contribution in [-0.2, 0) is 4.79 Å². The van der Waals surface area contributed by atoms with Gasteiger partial charge in [0.2, 0.25) is 0 Å². The molecule has 1 aliphatic rings. The fourth-order valence-corrected chi connectivity index (χ4v) is 2.86. The van der Waals surface area contributed by atoms with Gasteiger partial charge in [-0.05, 0) is 31.9 Å². The lowest BCUT2D eigenvalue weighted by Crippen LogP contribution is -2.42. The number of carbonyl (C=O) groups excluding carboxylic acids is 1. The molecule has 2 aromatic rings. The number of aromatic nitrogens is 1. The SMILES string of the molecule is Cc1c(NC(=O)N2CCC(C(=O)O)CC2)noc1-c1ccccc1F. The van der Waals surface area contributed by atoms with Crippen molar-refractivity contribution >= 4 is 17.8 Å². The molecular weight excluding hydrogens is 329 g/mol. The smallest absolute Gasteiger partial charge is 0.323 e. The summed E-state index contributed by atoms with van der Waals surface area (Å²) < 4.78 is 19.1. The molecule has 1 aromatic heterocycles. The minimum Gasteiger partial charge on any atom is -0.481 e. The maximum absolute atomic E-state index is 13.9. The quantitative estimate of drug-likeness (QED) is 0.889. The van der Waals surface area contributed by atoms with Gasteiger partial charge >= 0.3 is 12.0 Å². The molecule has 132 valence electrons. The van der Waals surface area contributed by atoms with Crippen LogP contribution in [0.25, 0.3) is 11.3 Å². The highest BCUT2D eigenvalue weighted by molar-refractivity contribution is 5.90. The van der Waals surface area contributed by atoms with E-state index in [1.807, 2.05) is 0 Å². The number of piperidine rings is 1. The first kappa shape index (κ1) is 16.9. The number of carbonyl (C=O) groups is 2. The van der Waals surface area contributed by atoms with Crippen LogP contribution in [0.2, 0.25) is 0 Å². The number of carboxylic acid groups (broad SMARTS) is 1. The number of hydrogen-bond donors (Lipinski definition) is 2. The van der Waals surface area contributed by atoms with Gasteiger partial charge in [-0.3, -0.25) is 10.1 Å². The summed E-state index contributed by atoms with van der Waals surface area (Å²) in [6.45, 7) is 2.41. The Morgan fingerprint density at radius 3 is 2.64 bits per heavy atom. The summed E-state index contributed by atoms with van der Waals surface area (Å²) in [6.07, 6.45) is 0.835. The molecule has 0 radical (unpaired) electrons. The number of anilines is 1. The van der Waals surface area contributed by atoms with Gasteiger partial charge in [0.1, 0.15) is 5.82 Å². The molecular formula is C17H18FN3O4. The van der Waals surface area contributed by atoms with Gasteiger partial charge < -0.3 is 14.5 Å². The fourth-order valence-electron chi connectivity index (χ4n) is 2.86. The number of halogens is 1. The fraction of sp³-hybridized carbons (Fsp3) is 0.353. The van der Waals surface area contributed by atoms with Gasteiger partial charge in [-0.25, -0.2) is 9.18 Å². The summed E-state index contributed by atoms with van der Waals surface area (Å²) in [4.78, 5) is 24.8. The van der Waals surface area contributed by atoms with Crippen LogP contribution in [-0.4, -0.2) is 40.3 Å². The maximum atomic E-state index is 13.9. The molecule has 1 aromatic carbocycles. The first-order valence-electron chi connectivity index (χ1n) is 7.97. The van der Waals surface area contributed by atoms with Crippen molar-refractivity contribution in [2.75, 3.05) is 18.4 Å². The van der Waals surface area contributed by atoms with Crippen LogP contribution < -0.4 is 5.32 Å². The summed E-state index contributed by atoms with van der Waals surface area (Å²) in [5.74, 6) is -1.19. The zero-order chi connectivity index (χ0) is 18.0. The molecule has 0 atom stereocenters. The summed E-state index contributed by atoms with van der Waals surface area (Å²) in [7, 11) is 0. The number of benzene rings is 1. The van der Waals surface area contributed by atoms with Crippen molar-refractivity contribution in [3.63, 3.8) is 0 Å². The van der Waals surface area contributed by atoms with Crippen molar-refractivity contribution in [1.82, 2.24) is 10.1 Å². The molecule has 1 saturated heterocycles. The van der Waals surface area contributed by atoms with Crippen LogP contribution in [0.4, 0.5) is 15.0 Å². The Balaban J connectivity index is 1.69. The number of carboxylic acids is 1. The molecule has 0 spiro atoms. The normalized spacial score (nSPS) is 15.2. The second kappa shape index (κ2) is 6.92. The van der Waals surface area contributed by atoms with Crippen LogP contribution in [0.15, 0.2) is 28.8 Å². The zero-order valence-corrected chi connectivity index (χ0v) is 13.7. The van der Waals surface area contributed by atoms with E-state index >= 15 is 0 Å². The van der Waals surface area contributed by atoms with Gasteiger partial charge in [0, 0.05) is 18.7 Å². The Labute approximate surface area is 143 Å². The number of rotatable bonds is 3. The lowest BCUT2D eigenvalue weighted by molar-refractivity contribution is -0.143. The molecule has 2 amide bonds. The number of urea groups is 1. The average molecular weight is 347 g/mol. The lowest BCUT2D eigenvalue weighted by Gasteiger charge is -2.29. The predicted molar refractivity (Wildman–Crippen MR) is 87.6 cm³/mol. The maximum Gasteiger partial charge on any atom is 0.323 e. The topological polar surface area (TPSA) is 95.7 Å². The molecule has 2 heterocycles. The molecule has 1 fully saturated rings. The highest BCUT2D eigenvalue weighted by Crippen LogP contribution is 2.30. The van der Waals surface area contributed by atoms with Gasteiger partial charge in [0.25, 0.3) is 0 Å². The van der Waals surface area contributed by atoms with Crippen molar-refractivity contribution in [3.05, 3.63) is 35.6 Å². The molecule has 0 unspecified atom stereocenters. The third-order valence-corrected chi connectivity index (χ3v) is 4.40. The average Bonchev–Trinajstić information content (AvgIpc) is 2.96. The van der Waals surface area contributed by atoms with Crippen LogP contribution in [0.1, 0.15) is 18.4 Å². The van der Waals surface area contributed by atoms with E-state index in [0.717, 1.165) is 0 Å². The van der Waals surface area contributed by atoms with Crippen molar-refractivity contribution in [3.8, 4) is 11.3 Å². The monoisotopic (exact) mass is 347 g/mol. The Kier molecular flexibility index (Phi) is 4.69. The Morgan fingerprint density at radius 1 is 1.32 bits per heavy atom. The Hall–Kier alpha value is -2.90. The van der Waals surface area contributed by atoms with Crippen molar-refractivity contribution < 1.29 is 23.6 Å². The lowest BCUT2D eigenvalue weighted by atomic mass is 9.97. The molecule has 8 heteroatoms. The zero-order valence-electron chi connectivity index (χ0n) is 13.7. The molecule has 3 rings (SSSR count). The highest BCUT2D eigenvalue weighted by Gasteiger charge is 2.28. The standard InChI is InChI=1S/C17H18FN3O4/c1-10-14(12-4-2-3-5-13(12)18)25-20-15(10)19-17(24)21-8-6-11(7-9-21)16(22)23/h2-5,11H,6-9H2,1H3,(H,22,23)(H,19,20,24). The molecule has 2 N–H and O–H groups in total. The number of nitrogens with zero attached hydrogens (tertiary/aromatic N) is 2. The number of hydrogen-bond acceptors (Lipinski definition) is 4. The molecule has 0 saturated carbocycles. The predicted octanol–water partition coefficient (Wildman–Crippen LogP) is 3.12. The molecule has 1 aliphatic heterocycles. The van der Waals surface area contributed by atoms with E-state index < -0.39 is 17.7 Å². The third-order valence-electron chi connectivity index (χ3n) is 4.40. The first-order valence-corrected chi connectivity index (χ1v) is 7.97. The Bertz CT molecular complexity index is 797. The molecule has 0 aliphatic carbocycles. The number of aliphatic carboxylic acids is 1. The second-order valence-corrected chi connectivity index (χ2v) is 5.99. The molecule has 0 bridgehead atoms.